The molecule has 0 unspecified atom stereocenters. The lowest BCUT2D eigenvalue weighted by Crippen LogP contribution is -2.19. The summed E-state index contributed by atoms with van der Waals surface area (Å²) in [7, 11) is 0. The van der Waals surface area contributed by atoms with Gasteiger partial charge in [0.1, 0.15) is 17.2 Å². The van der Waals surface area contributed by atoms with Gasteiger partial charge in [0.05, 0.1) is 0 Å². The zero-order valence-corrected chi connectivity index (χ0v) is 19.9. The summed E-state index contributed by atoms with van der Waals surface area (Å²) in [5.41, 5.74) is 3.96. The molecule has 7 heteroatoms. The molecule has 0 saturated carbocycles. The number of carbonyl (C=O) groups is 1. The summed E-state index contributed by atoms with van der Waals surface area (Å²) in [4.78, 5) is 13.0. The molecule has 0 aliphatic carbocycles. The number of benzene rings is 4. The van der Waals surface area contributed by atoms with Crippen LogP contribution in [0.2, 0.25) is 10.0 Å². The zero-order chi connectivity index (χ0) is 24.2. The van der Waals surface area contributed by atoms with Crippen molar-refractivity contribution in [1.29, 1.82) is 0 Å². The minimum Gasteiger partial charge on any atom is -0.457 e. The minimum absolute atomic E-state index is 0.383. The van der Waals surface area contributed by atoms with Gasteiger partial charge in [0.25, 0.3) is 0 Å². The second-order valence-corrected chi connectivity index (χ2v) is 8.60. The van der Waals surface area contributed by atoms with E-state index in [0.29, 0.717) is 32.9 Å². The van der Waals surface area contributed by atoms with Crippen molar-refractivity contribution < 1.29 is 9.53 Å². The Labute approximate surface area is 212 Å². The Morgan fingerprint density at radius 3 is 2.20 bits per heavy atom. The third-order valence-corrected chi connectivity index (χ3v) is 5.75. The Morgan fingerprint density at radius 1 is 0.743 bits per heavy atom. The van der Waals surface area contributed by atoms with Crippen molar-refractivity contribution >= 4 is 34.9 Å². The van der Waals surface area contributed by atoms with Gasteiger partial charge in [0.15, 0.2) is 0 Å². The van der Waals surface area contributed by atoms with Crippen LogP contribution in [0, 0.1) is 0 Å². The predicted molar refractivity (Wildman–Crippen MR) is 140 cm³/mol. The molecule has 1 heterocycles. The lowest BCUT2D eigenvalue weighted by Gasteiger charge is -2.08. The summed E-state index contributed by atoms with van der Waals surface area (Å²) in [6.07, 6.45) is 1.73. The molecule has 172 valence electrons. The molecule has 5 rings (SSSR count). The highest BCUT2D eigenvalue weighted by Gasteiger charge is 2.17. The first-order valence-electron chi connectivity index (χ1n) is 10.8. The van der Waals surface area contributed by atoms with Gasteiger partial charge in [0.2, 0.25) is 0 Å². The van der Waals surface area contributed by atoms with Crippen molar-refractivity contribution in [1.82, 2.24) is 9.78 Å². The highest BCUT2D eigenvalue weighted by Crippen LogP contribution is 2.32. The van der Waals surface area contributed by atoms with E-state index in [4.69, 9.17) is 27.9 Å². The summed E-state index contributed by atoms with van der Waals surface area (Å²) in [6, 6.07) is 31.0. The van der Waals surface area contributed by atoms with Crippen LogP contribution >= 0.6 is 23.2 Å². The smallest absolute Gasteiger partial charge is 0.346 e. The summed E-state index contributed by atoms with van der Waals surface area (Å²) in [5.74, 6) is 1.26. The number of rotatable bonds is 5. The van der Waals surface area contributed by atoms with Crippen molar-refractivity contribution in [3.05, 3.63) is 119 Å². The molecule has 0 atom stereocenters. The number of aromatic nitrogens is 2. The van der Waals surface area contributed by atoms with E-state index in [1.807, 2.05) is 54.6 Å². The van der Waals surface area contributed by atoms with Crippen LogP contribution in [-0.4, -0.2) is 15.8 Å². The number of carbonyl (C=O) groups excluding carboxylic acids is 1. The van der Waals surface area contributed by atoms with Crippen LogP contribution in [0.3, 0.4) is 0 Å². The molecular weight excluding hydrogens is 481 g/mol. The summed E-state index contributed by atoms with van der Waals surface area (Å²) >= 11 is 12.1. The molecule has 5 nitrogen and oxygen atoms in total. The van der Waals surface area contributed by atoms with Gasteiger partial charge in [-0.25, -0.2) is 4.79 Å². The van der Waals surface area contributed by atoms with Crippen LogP contribution < -0.4 is 10.1 Å². The van der Waals surface area contributed by atoms with Gasteiger partial charge >= 0.3 is 6.03 Å². The number of nitrogens with zero attached hydrogens (tertiary/aromatic N) is 2. The largest absolute Gasteiger partial charge is 0.457 e. The maximum absolute atomic E-state index is 13.0. The number of halogens is 2. The van der Waals surface area contributed by atoms with Gasteiger partial charge in [-0.05, 0) is 60.2 Å². The molecule has 0 radical (unpaired) electrons. The summed E-state index contributed by atoms with van der Waals surface area (Å²) < 4.78 is 7.11. The zero-order valence-electron chi connectivity index (χ0n) is 18.4. The molecule has 1 N–H and O–H groups in total. The van der Waals surface area contributed by atoms with Gasteiger partial charge in [0, 0.05) is 33.1 Å². The highest BCUT2D eigenvalue weighted by atomic mass is 35.5. The predicted octanol–water partition coefficient (Wildman–Crippen LogP) is 8.40. The number of hydrogen-bond donors (Lipinski definition) is 1. The van der Waals surface area contributed by atoms with E-state index in [-0.39, 0.29) is 6.03 Å². The average molecular weight is 500 g/mol. The monoisotopic (exact) mass is 499 g/mol. The quantitative estimate of drug-likeness (QED) is 0.264. The second-order valence-electron chi connectivity index (χ2n) is 7.72. The molecule has 1 amide bonds. The number of anilines is 1. The Hall–Kier alpha value is -4.06. The molecule has 0 fully saturated rings. The van der Waals surface area contributed by atoms with E-state index in [1.165, 1.54) is 4.68 Å². The first-order valence-corrected chi connectivity index (χ1v) is 11.6. The van der Waals surface area contributed by atoms with Gasteiger partial charge in [-0.3, -0.25) is 0 Å². The van der Waals surface area contributed by atoms with E-state index in [2.05, 4.69) is 10.4 Å². The van der Waals surface area contributed by atoms with Crippen LogP contribution in [0.5, 0.6) is 11.5 Å². The maximum Gasteiger partial charge on any atom is 0.346 e. The van der Waals surface area contributed by atoms with E-state index >= 15 is 0 Å². The van der Waals surface area contributed by atoms with E-state index in [1.54, 1.807) is 54.7 Å². The third kappa shape index (κ3) is 5.38. The van der Waals surface area contributed by atoms with Crippen LogP contribution in [0.25, 0.3) is 22.4 Å². The highest BCUT2D eigenvalue weighted by molar-refractivity contribution is 6.31. The van der Waals surface area contributed by atoms with Crippen molar-refractivity contribution in [2.24, 2.45) is 0 Å². The Bertz CT molecular complexity index is 1460. The lowest BCUT2D eigenvalue weighted by molar-refractivity contribution is 0.251. The van der Waals surface area contributed by atoms with Crippen LogP contribution in [0.4, 0.5) is 10.5 Å². The molecule has 0 bridgehead atoms. The fourth-order valence-corrected chi connectivity index (χ4v) is 3.89. The Balaban J connectivity index is 1.38. The Kier molecular flexibility index (Phi) is 6.53. The number of hydrogen-bond acceptors (Lipinski definition) is 3. The van der Waals surface area contributed by atoms with Crippen molar-refractivity contribution in [3.63, 3.8) is 0 Å². The molecule has 5 aromatic rings. The van der Waals surface area contributed by atoms with Crippen molar-refractivity contribution in [2.45, 2.75) is 0 Å². The summed E-state index contributed by atoms with van der Waals surface area (Å²) in [6.45, 7) is 0. The van der Waals surface area contributed by atoms with Crippen LogP contribution in [0.15, 0.2) is 109 Å². The molecule has 0 spiro atoms. The van der Waals surface area contributed by atoms with Gasteiger partial charge < -0.3 is 10.1 Å². The van der Waals surface area contributed by atoms with E-state index in [9.17, 15) is 4.79 Å². The van der Waals surface area contributed by atoms with Gasteiger partial charge in [-0.15, -0.1) is 0 Å². The van der Waals surface area contributed by atoms with Crippen molar-refractivity contribution in [2.75, 3.05) is 5.32 Å². The first-order chi connectivity index (χ1) is 17.0. The molecule has 0 saturated heterocycles. The standard InChI is InChI=1S/C28H19Cl2N3O2/c29-21-11-9-20(10-12-21)27-26(19-5-2-1-3-6-19)18-33(32-27)28(34)31-23-13-15-24(16-14-23)35-25-8-4-7-22(30)17-25/h1-18H,(H,31,34). The van der Waals surface area contributed by atoms with Crippen LogP contribution in [-0.2, 0) is 0 Å². The van der Waals surface area contributed by atoms with Crippen molar-refractivity contribution in [3.8, 4) is 33.9 Å². The number of ether oxygens (including phenoxy) is 1. The minimum atomic E-state index is -0.383. The Morgan fingerprint density at radius 2 is 1.49 bits per heavy atom. The van der Waals surface area contributed by atoms with E-state index < -0.39 is 0 Å². The molecule has 0 aliphatic heterocycles. The SMILES string of the molecule is O=C(Nc1ccc(Oc2cccc(Cl)c2)cc1)n1cc(-c2ccccc2)c(-c2ccc(Cl)cc2)n1. The van der Waals surface area contributed by atoms with E-state index in [0.717, 1.165) is 16.7 Å². The van der Waals surface area contributed by atoms with Gasteiger partial charge in [-0.2, -0.15) is 9.78 Å². The molecule has 0 aliphatic rings. The molecule has 1 aromatic heterocycles. The molecular formula is C28H19Cl2N3O2. The number of nitrogens with one attached hydrogen (secondary N) is 1. The summed E-state index contributed by atoms with van der Waals surface area (Å²) in [5, 5.41) is 8.69. The normalized spacial score (nSPS) is 10.7. The first kappa shape index (κ1) is 22.7. The fourth-order valence-electron chi connectivity index (χ4n) is 3.58. The third-order valence-electron chi connectivity index (χ3n) is 5.26. The van der Waals surface area contributed by atoms with Gasteiger partial charge in [-0.1, -0.05) is 71.7 Å². The molecule has 35 heavy (non-hydrogen) atoms. The maximum atomic E-state index is 13.0. The molecule has 4 aromatic carbocycles. The lowest BCUT2D eigenvalue weighted by atomic mass is 10.0. The fraction of sp³-hybridized carbons (Fsp3) is 0. The topological polar surface area (TPSA) is 56.1 Å². The number of amides is 1. The average Bonchev–Trinajstić information content (AvgIpc) is 3.32. The second kappa shape index (κ2) is 10.1. The van der Waals surface area contributed by atoms with Crippen LogP contribution in [0.1, 0.15) is 0 Å².